The first-order valence-electron chi connectivity index (χ1n) is 8.16. The molecular weight excluding hydrogens is 298 g/mol. The average Bonchev–Trinajstić information content (AvgIpc) is 2.96. The molecule has 120 valence electrons. The highest BCUT2D eigenvalue weighted by Gasteiger charge is 2.29. The van der Waals surface area contributed by atoms with E-state index in [0.29, 0.717) is 6.04 Å². The van der Waals surface area contributed by atoms with Gasteiger partial charge in [0.1, 0.15) is 0 Å². The monoisotopic (exact) mass is 321 g/mol. The Kier molecular flexibility index (Phi) is 4.89. The maximum atomic E-state index is 12.4. The van der Waals surface area contributed by atoms with Crippen LogP contribution < -0.4 is 15.5 Å². The van der Waals surface area contributed by atoms with Crippen LogP contribution in [0.3, 0.4) is 0 Å². The van der Waals surface area contributed by atoms with E-state index < -0.39 is 0 Å². The third-order valence-corrected chi connectivity index (χ3v) is 4.94. The van der Waals surface area contributed by atoms with Crippen molar-refractivity contribution >= 4 is 23.2 Å². The molecule has 1 unspecified atom stereocenters. The highest BCUT2D eigenvalue weighted by atomic mass is 35.5. The molecule has 2 heterocycles. The number of benzene rings is 1. The van der Waals surface area contributed by atoms with Crippen molar-refractivity contribution in [3.05, 3.63) is 29.3 Å². The van der Waals surface area contributed by atoms with Gasteiger partial charge < -0.3 is 15.5 Å². The first-order valence-corrected chi connectivity index (χ1v) is 8.54. The Morgan fingerprint density at radius 1 is 1.41 bits per heavy atom. The quantitative estimate of drug-likeness (QED) is 0.898. The summed E-state index contributed by atoms with van der Waals surface area (Å²) < 4.78 is 0. The van der Waals surface area contributed by atoms with E-state index in [0.717, 1.165) is 49.6 Å². The van der Waals surface area contributed by atoms with Crippen molar-refractivity contribution in [2.75, 3.05) is 24.5 Å². The highest BCUT2D eigenvalue weighted by molar-refractivity contribution is 6.30. The lowest BCUT2D eigenvalue weighted by atomic mass is 9.92. The Morgan fingerprint density at radius 2 is 2.27 bits per heavy atom. The minimum Gasteiger partial charge on any atom is -0.369 e. The van der Waals surface area contributed by atoms with Crippen LogP contribution in [-0.4, -0.2) is 37.6 Å². The Balaban J connectivity index is 1.53. The molecular formula is C17H24ClN3O. The molecule has 22 heavy (non-hydrogen) atoms. The number of hydrogen-bond donors (Lipinski definition) is 2. The van der Waals surface area contributed by atoms with Crippen LogP contribution in [0.25, 0.3) is 0 Å². The van der Waals surface area contributed by atoms with Gasteiger partial charge >= 0.3 is 0 Å². The number of rotatable bonds is 3. The van der Waals surface area contributed by atoms with Crippen molar-refractivity contribution in [2.45, 2.75) is 38.3 Å². The van der Waals surface area contributed by atoms with Gasteiger partial charge in [0.15, 0.2) is 0 Å². The van der Waals surface area contributed by atoms with Crippen molar-refractivity contribution in [3.63, 3.8) is 0 Å². The van der Waals surface area contributed by atoms with Crippen LogP contribution in [-0.2, 0) is 4.79 Å². The predicted molar refractivity (Wildman–Crippen MR) is 90.4 cm³/mol. The van der Waals surface area contributed by atoms with Crippen molar-refractivity contribution in [3.8, 4) is 0 Å². The summed E-state index contributed by atoms with van der Waals surface area (Å²) in [5, 5.41) is 7.39. The molecule has 1 aromatic carbocycles. The van der Waals surface area contributed by atoms with Crippen molar-refractivity contribution in [2.24, 2.45) is 5.92 Å². The minimum atomic E-state index is 0.163. The Hall–Kier alpha value is -1.26. The molecule has 0 spiro atoms. The molecule has 2 aliphatic heterocycles. The number of amides is 1. The summed E-state index contributed by atoms with van der Waals surface area (Å²) in [6.45, 7) is 4.93. The van der Waals surface area contributed by atoms with E-state index in [1.807, 2.05) is 18.2 Å². The standard InChI is InChI=1S/C17H24ClN3O/c1-12-9-13(5-7-19-12)17(22)20-15-6-8-21(11-15)16-4-2-3-14(18)10-16/h2-4,10,12-13,15,19H,5-9,11H2,1H3,(H,20,22)/t12-,13-,15?/m0/s1. The summed E-state index contributed by atoms with van der Waals surface area (Å²) in [4.78, 5) is 14.7. The van der Waals surface area contributed by atoms with Gasteiger partial charge in [-0.05, 0) is 50.9 Å². The molecule has 0 aromatic heterocycles. The number of carbonyl (C=O) groups is 1. The number of piperidine rings is 1. The molecule has 0 saturated carbocycles. The second kappa shape index (κ2) is 6.88. The summed E-state index contributed by atoms with van der Waals surface area (Å²) in [6, 6.07) is 8.61. The zero-order chi connectivity index (χ0) is 15.5. The van der Waals surface area contributed by atoms with Crippen LogP contribution in [0.5, 0.6) is 0 Å². The first kappa shape index (κ1) is 15.6. The zero-order valence-corrected chi connectivity index (χ0v) is 13.8. The lowest BCUT2D eigenvalue weighted by Gasteiger charge is -2.28. The van der Waals surface area contributed by atoms with E-state index >= 15 is 0 Å². The molecule has 1 aromatic rings. The summed E-state index contributed by atoms with van der Waals surface area (Å²) >= 11 is 6.06. The van der Waals surface area contributed by atoms with E-state index in [-0.39, 0.29) is 17.9 Å². The van der Waals surface area contributed by atoms with Crippen LogP contribution in [0.4, 0.5) is 5.69 Å². The van der Waals surface area contributed by atoms with E-state index in [1.165, 1.54) is 0 Å². The first-order chi connectivity index (χ1) is 10.6. The fraction of sp³-hybridized carbons (Fsp3) is 0.588. The van der Waals surface area contributed by atoms with E-state index in [9.17, 15) is 4.79 Å². The lowest BCUT2D eigenvalue weighted by Crippen LogP contribution is -2.46. The summed E-state index contributed by atoms with van der Waals surface area (Å²) in [5.74, 6) is 0.391. The molecule has 3 rings (SSSR count). The number of halogens is 1. The fourth-order valence-corrected chi connectivity index (χ4v) is 3.66. The van der Waals surface area contributed by atoms with Crippen molar-refractivity contribution < 1.29 is 4.79 Å². The highest BCUT2D eigenvalue weighted by Crippen LogP contribution is 2.24. The molecule has 0 radical (unpaired) electrons. The van der Waals surface area contributed by atoms with Gasteiger partial charge in [-0.25, -0.2) is 0 Å². The second-order valence-corrected chi connectivity index (χ2v) is 6.93. The number of anilines is 1. The van der Waals surface area contributed by atoms with E-state index in [2.05, 4.69) is 28.5 Å². The molecule has 2 fully saturated rings. The maximum absolute atomic E-state index is 12.4. The molecule has 2 saturated heterocycles. The molecule has 0 aliphatic carbocycles. The fourth-order valence-electron chi connectivity index (χ4n) is 3.47. The van der Waals surface area contributed by atoms with Gasteiger partial charge in [0, 0.05) is 41.8 Å². The molecule has 2 aliphatic rings. The summed E-state index contributed by atoms with van der Waals surface area (Å²) in [5.41, 5.74) is 1.14. The molecule has 3 atom stereocenters. The average molecular weight is 322 g/mol. The van der Waals surface area contributed by atoms with Gasteiger partial charge in [0.2, 0.25) is 5.91 Å². The Morgan fingerprint density at radius 3 is 3.05 bits per heavy atom. The Labute approximate surface area is 137 Å². The maximum Gasteiger partial charge on any atom is 0.223 e. The van der Waals surface area contributed by atoms with Crippen LogP contribution in [0.1, 0.15) is 26.2 Å². The van der Waals surface area contributed by atoms with Gasteiger partial charge in [-0.2, -0.15) is 0 Å². The Bertz CT molecular complexity index is 536. The SMILES string of the molecule is C[C@H]1C[C@@H](C(=O)NC2CCN(c3cccc(Cl)c3)C2)CCN1. The van der Waals surface area contributed by atoms with Gasteiger partial charge in [-0.1, -0.05) is 17.7 Å². The third-order valence-electron chi connectivity index (χ3n) is 4.70. The normalized spacial score (nSPS) is 28.6. The smallest absolute Gasteiger partial charge is 0.223 e. The van der Waals surface area contributed by atoms with Crippen LogP contribution in [0.15, 0.2) is 24.3 Å². The molecule has 2 N–H and O–H groups in total. The molecule has 1 amide bonds. The van der Waals surface area contributed by atoms with Crippen molar-refractivity contribution in [1.82, 2.24) is 10.6 Å². The third kappa shape index (κ3) is 3.73. The summed E-state index contributed by atoms with van der Waals surface area (Å²) in [7, 11) is 0. The van der Waals surface area contributed by atoms with E-state index in [4.69, 9.17) is 11.6 Å². The molecule has 5 heteroatoms. The van der Waals surface area contributed by atoms with Crippen LogP contribution >= 0.6 is 11.6 Å². The number of carbonyl (C=O) groups excluding carboxylic acids is 1. The van der Waals surface area contributed by atoms with Crippen molar-refractivity contribution in [1.29, 1.82) is 0 Å². The molecule has 0 bridgehead atoms. The number of nitrogens with zero attached hydrogens (tertiary/aromatic N) is 1. The van der Waals surface area contributed by atoms with Gasteiger partial charge in [-0.3, -0.25) is 4.79 Å². The van der Waals surface area contributed by atoms with Gasteiger partial charge in [-0.15, -0.1) is 0 Å². The number of nitrogens with one attached hydrogen (secondary N) is 2. The van der Waals surface area contributed by atoms with E-state index in [1.54, 1.807) is 0 Å². The largest absolute Gasteiger partial charge is 0.369 e. The van der Waals surface area contributed by atoms with Crippen LogP contribution in [0, 0.1) is 5.92 Å². The lowest BCUT2D eigenvalue weighted by molar-refractivity contribution is -0.126. The van der Waals surface area contributed by atoms with Gasteiger partial charge in [0.05, 0.1) is 0 Å². The van der Waals surface area contributed by atoms with Crippen LogP contribution in [0.2, 0.25) is 5.02 Å². The minimum absolute atomic E-state index is 0.163. The molecule has 4 nitrogen and oxygen atoms in total. The second-order valence-electron chi connectivity index (χ2n) is 6.50. The summed E-state index contributed by atoms with van der Waals surface area (Å²) in [6.07, 6.45) is 2.89. The number of hydrogen-bond acceptors (Lipinski definition) is 3. The predicted octanol–water partition coefficient (Wildman–Crippen LogP) is 2.42. The topological polar surface area (TPSA) is 44.4 Å². The zero-order valence-electron chi connectivity index (χ0n) is 13.0. The van der Waals surface area contributed by atoms with Gasteiger partial charge in [0.25, 0.3) is 0 Å².